The van der Waals surface area contributed by atoms with Crippen molar-refractivity contribution in [3.8, 4) is 0 Å². The van der Waals surface area contributed by atoms with Crippen LogP contribution >= 0.6 is 0 Å². The Balaban J connectivity index is 2.39. The molecule has 1 heterocycles. The minimum Gasteiger partial charge on any atom is -0.374 e. The van der Waals surface area contributed by atoms with E-state index < -0.39 is 0 Å². The zero-order valence-electron chi connectivity index (χ0n) is 10.2. The maximum absolute atomic E-state index is 5.28. The summed E-state index contributed by atoms with van der Waals surface area (Å²) >= 11 is 0. The highest BCUT2D eigenvalue weighted by molar-refractivity contribution is 5.48. The van der Waals surface area contributed by atoms with Crippen molar-refractivity contribution >= 4 is 5.82 Å². The van der Waals surface area contributed by atoms with Gasteiger partial charge in [0.25, 0.3) is 0 Å². The van der Waals surface area contributed by atoms with Gasteiger partial charge in [-0.15, -0.1) is 0 Å². The first-order chi connectivity index (χ1) is 7.76. The van der Waals surface area contributed by atoms with Gasteiger partial charge in [-0.2, -0.15) is 0 Å². The smallest absolute Gasteiger partial charge is 0.159 e. The van der Waals surface area contributed by atoms with E-state index in [1.807, 2.05) is 6.92 Å². The number of nitrogens with zero attached hydrogens (tertiary/aromatic N) is 2. The highest BCUT2D eigenvalue weighted by atomic mass is 16.5. The lowest BCUT2D eigenvalue weighted by Crippen LogP contribution is -2.11. The van der Waals surface area contributed by atoms with Crippen LogP contribution < -0.4 is 5.32 Å². The molecule has 0 spiro atoms. The van der Waals surface area contributed by atoms with Crippen LogP contribution in [0.4, 0.5) is 5.82 Å². The number of methoxy groups -OCH3 is 1. The Morgan fingerprint density at radius 2 is 2.19 bits per heavy atom. The second-order valence-electron chi connectivity index (χ2n) is 4.12. The summed E-state index contributed by atoms with van der Waals surface area (Å²) in [5.41, 5.74) is 2.50. The molecule has 0 radical (unpaired) electrons. The molecule has 1 aromatic heterocycles. The summed E-state index contributed by atoms with van der Waals surface area (Å²) in [7, 11) is 1.69. The zero-order chi connectivity index (χ0) is 11.5. The fraction of sp³-hybridized carbons (Fsp3) is 0.667. The van der Waals surface area contributed by atoms with Gasteiger partial charge in [0.2, 0.25) is 0 Å². The van der Waals surface area contributed by atoms with Crippen LogP contribution in [0.5, 0.6) is 0 Å². The average Bonchev–Trinajstić information content (AvgIpc) is 2.76. The molecular formula is C12H19N3O. The van der Waals surface area contributed by atoms with E-state index >= 15 is 0 Å². The van der Waals surface area contributed by atoms with Crippen LogP contribution in [0.1, 0.15) is 43.5 Å². The van der Waals surface area contributed by atoms with Crippen molar-refractivity contribution in [1.29, 1.82) is 0 Å². The van der Waals surface area contributed by atoms with E-state index in [-0.39, 0.29) is 6.10 Å². The Morgan fingerprint density at radius 1 is 1.38 bits per heavy atom. The molecular weight excluding hydrogens is 202 g/mol. The molecule has 1 N–H and O–H groups in total. The third kappa shape index (κ3) is 2.02. The molecule has 1 atom stereocenters. The summed E-state index contributed by atoms with van der Waals surface area (Å²) in [6, 6.07) is 0. The first-order valence-electron chi connectivity index (χ1n) is 5.92. The number of hydrogen-bond donors (Lipinski definition) is 1. The van der Waals surface area contributed by atoms with Gasteiger partial charge in [-0.25, -0.2) is 9.97 Å². The number of nitrogens with one attached hydrogen (secondary N) is 1. The molecule has 88 valence electrons. The molecule has 1 aromatic rings. The lowest BCUT2D eigenvalue weighted by Gasteiger charge is -2.13. The molecule has 0 amide bonds. The van der Waals surface area contributed by atoms with E-state index in [1.165, 1.54) is 17.7 Å². The van der Waals surface area contributed by atoms with Crippen LogP contribution in [0.3, 0.4) is 0 Å². The van der Waals surface area contributed by atoms with E-state index in [1.54, 1.807) is 7.11 Å². The van der Waals surface area contributed by atoms with E-state index in [9.17, 15) is 0 Å². The predicted molar refractivity (Wildman–Crippen MR) is 63.6 cm³/mol. The first kappa shape index (κ1) is 11.3. The molecule has 1 unspecified atom stereocenters. The highest BCUT2D eigenvalue weighted by Crippen LogP contribution is 2.27. The van der Waals surface area contributed by atoms with Gasteiger partial charge < -0.3 is 10.1 Å². The number of ether oxygens (including phenoxy) is 1. The summed E-state index contributed by atoms with van der Waals surface area (Å²) in [5, 5.41) is 3.32. The summed E-state index contributed by atoms with van der Waals surface area (Å²) in [4.78, 5) is 9.15. The molecule has 1 aliphatic rings. The minimum atomic E-state index is -0.0386. The standard InChI is InChI=1S/C12H19N3O/c1-4-13-12-9-6-5-7-10(9)14-11(15-12)8(2)16-3/h8H,4-7H2,1-3H3,(H,13,14,15). The van der Waals surface area contributed by atoms with Crippen molar-refractivity contribution in [1.82, 2.24) is 9.97 Å². The Bertz CT molecular complexity index is 379. The zero-order valence-corrected chi connectivity index (χ0v) is 10.2. The molecule has 0 bridgehead atoms. The average molecular weight is 221 g/mol. The van der Waals surface area contributed by atoms with Crippen LogP contribution in [0, 0.1) is 0 Å². The van der Waals surface area contributed by atoms with Gasteiger partial charge in [-0.05, 0) is 33.1 Å². The summed E-state index contributed by atoms with van der Waals surface area (Å²) < 4.78 is 5.28. The predicted octanol–water partition coefficient (Wildman–Crippen LogP) is 2.10. The van der Waals surface area contributed by atoms with Crippen LogP contribution in [-0.4, -0.2) is 23.6 Å². The van der Waals surface area contributed by atoms with Crippen molar-refractivity contribution < 1.29 is 4.74 Å². The maximum Gasteiger partial charge on any atom is 0.159 e. The van der Waals surface area contributed by atoms with E-state index in [0.717, 1.165) is 31.0 Å². The second kappa shape index (κ2) is 4.78. The lowest BCUT2D eigenvalue weighted by molar-refractivity contribution is 0.112. The van der Waals surface area contributed by atoms with Crippen molar-refractivity contribution in [3.63, 3.8) is 0 Å². The fourth-order valence-corrected chi connectivity index (χ4v) is 2.05. The Labute approximate surface area is 96.4 Å². The Hall–Kier alpha value is -1.16. The monoisotopic (exact) mass is 221 g/mol. The molecule has 0 saturated heterocycles. The highest BCUT2D eigenvalue weighted by Gasteiger charge is 2.20. The quantitative estimate of drug-likeness (QED) is 0.845. The number of fused-ring (bicyclic) bond motifs is 1. The number of anilines is 1. The lowest BCUT2D eigenvalue weighted by atomic mass is 10.2. The second-order valence-corrected chi connectivity index (χ2v) is 4.12. The maximum atomic E-state index is 5.28. The van der Waals surface area contributed by atoms with Crippen LogP contribution in [0.2, 0.25) is 0 Å². The van der Waals surface area contributed by atoms with Gasteiger partial charge >= 0.3 is 0 Å². The molecule has 0 fully saturated rings. The van der Waals surface area contributed by atoms with Gasteiger partial charge in [0.15, 0.2) is 5.82 Å². The van der Waals surface area contributed by atoms with E-state index in [2.05, 4.69) is 22.2 Å². The summed E-state index contributed by atoms with van der Waals surface area (Å²) in [6.07, 6.45) is 3.31. The molecule has 4 heteroatoms. The molecule has 4 nitrogen and oxygen atoms in total. The third-order valence-electron chi connectivity index (χ3n) is 3.01. The van der Waals surface area contributed by atoms with E-state index in [4.69, 9.17) is 4.74 Å². The number of aryl methyl sites for hydroxylation is 1. The molecule has 0 aliphatic heterocycles. The first-order valence-corrected chi connectivity index (χ1v) is 5.92. The molecule has 0 aromatic carbocycles. The Morgan fingerprint density at radius 3 is 2.88 bits per heavy atom. The normalized spacial score (nSPS) is 15.9. The third-order valence-corrected chi connectivity index (χ3v) is 3.01. The molecule has 2 rings (SSSR count). The van der Waals surface area contributed by atoms with Crippen molar-refractivity contribution in [2.24, 2.45) is 0 Å². The van der Waals surface area contributed by atoms with Crippen LogP contribution in [-0.2, 0) is 17.6 Å². The van der Waals surface area contributed by atoms with Gasteiger partial charge in [0.1, 0.15) is 11.9 Å². The van der Waals surface area contributed by atoms with Crippen LogP contribution in [0.25, 0.3) is 0 Å². The Kier molecular flexibility index (Phi) is 3.39. The molecule has 1 aliphatic carbocycles. The number of rotatable bonds is 4. The van der Waals surface area contributed by atoms with E-state index in [0.29, 0.717) is 0 Å². The van der Waals surface area contributed by atoms with Crippen molar-refractivity contribution in [2.75, 3.05) is 19.0 Å². The van der Waals surface area contributed by atoms with Crippen molar-refractivity contribution in [2.45, 2.75) is 39.2 Å². The summed E-state index contributed by atoms with van der Waals surface area (Å²) in [5.74, 6) is 1.79. The SMILES string of the molecule is CCNc1nc(C(C)OC)nc2c1CCC2. The largest absolute Gasteiger partial charge is 0.374 e. The van der Waals surface area contributed by atoms with Gasteiger partial charge in [-0.3, -0.25) is 0 Å². The minimum absolute atomic E-state index is 0.0386. The topological polar surface area (TPSA) is 47.0 Å². The van der Waals surface area contributed by atoms with Gasteiger partial charge in [0, 0.05) is 24.9 Å². The fourth-order valence-electron chi connectivity index (χ4n) is 2.05. The van der Waals surface area contributed by atoms with Gasteiger partial charge in [0.05, 0.1) is 0 Å². The van der Waals surface area contributed by atoms with Gasteiger partial charge in [-0.1, -0.05) is 0 Å². The molecule has 16 heavy (non-hydrogen) atoms. The number of aromatic nitrogens is 2. The van der Waals surface area contributed by atoms with Crippen molar-refractivity contribution in [3.05, 3.63) is 17.1 Å². The number of hydrogen-bond acceptors (Lipinski definition) is 4. The molecule has 0 saturated carbocycles. The van der Waals surface area contributed by atoms with Crippen LogP contribution in [0.15, 0.2) is 0 Å². The summed E-state index contributed by atoms with van der Waals surface area (Å²) in [6.45, 7) is 4.96.